The van der Waals surface area contributed by atoms with E-state index in [0.717, 1.165) is 22.3 Å². The van der Waals surface area contributed by atoms with E-state index in [1.54, 1.807) is 6.33 Å². The number of aliphatic hydroxyl groups excluding tert-OH is 1. The van der Waals surface area contributed by atoms with E-state index in [4.69, 9.17) is 5.11 Å². The Bertz CT molecular complexity index is 692. The van der Waals surface area contributed by atoms with Crippen LogP contribution in [0.25, 0.3) is 22.3 Å². The van der Waals surface area contributed by atoms with E-state index in [1.165, 1.54) is 0 Å². The third kappa shape index (κ3) is 2.60. The number of imidazole rings is 1. The van der Waals surface area contributed by atoms with Crippen molar-refractivity contribution in [2.75, 3.05) is 18.5 Å². The number of anilines is 1. The van der Waals surface area contributed by atoms with Crippen LogP contribution in [0.3, 0.4) is 0 Å². The van der Waals surface area contributed by atoms with E-state index in [1.807, 2.05) is 30.3 Å². The molecule has 1 aromatic carbocycles. The predicted molar refractivity (Wildman–Crippen MR) is 77.3 cm³/mol. The molecule has 2 heterocycles. The lowest BCUT2D eigenvalue weighted by Crippen LogP contribution is -2.05. The number of hydrogen-bond acceptors (Lipinski definition) is 5. The maximum Gasteiger partial charge on any atom is 0.148 e. The smallest absolute Gasteiger partial charge is 0.148 e. The maximum absolute atomic E-state index is 8.72. The summed E-state index contributed by atoms with van der Waals surface area (Å²) in [5.74, 6) is 0.713. The second-order valence-electron chi connectivity index (χ2n) is 4.44. The van der Waals surface area contributed by atoms with Crippen molar-refractivity contribution in [1.29, 1.82) is 0 Å². The van der Waals surface area contributed by atoms with Crippen LogP contribution in [-0.2, 0) is 0 Å². The van der Waals surface area contributed by atoms with Gasteiger partial charge in [-0.15, -0.1) is 10.2 Å². The van der Waals surface area contributed by atoms with Crippen LogP contribution in [0.4, 0.5) is 5.82 Å². The van der Waals surface area contributed by atoms with E-state index >= 15 is 0 Å². The number of rotatable bonds is 5. The van der Waals surface area contributed by atoms with Gasteiger partial charge in [0.2, 0.25) is 0 Å². The standard InChI is InChI=1S/C14H15N5O/c20-7-1-6-15-14-5-4-11(18-19-14)10-2-3-12-13(8-10)17-9-16-12/h2-5,8-9,20H,1,6-7H2,(H,15,19)(H,16,17). The van der Waals surface area contributed by atoms with Crippen molar-refractivity contribution < 1.29 is 5.11 Å². The van der Waals surface area contributed by atoms with Gasteiger partial charge in [-0.1, -0.05) is 6.07 Å². The lowest BCUT2D eigenvalue weighted by Gasteiger charge is -2.04. The number of nitrogens with zero attached hydrogens (tertiary/aromatic N) is 3. The quantitative estimate of drug-likeness (QED) is 0.615. The fourth-order valence-corrected chi connectivity index (χ4v) is 1.97. The molecule has 0 aliphatic heterocycles. The summed E-state index contributed by atoms with van der Waals surface area (Å²) in [5, 5.41) is 20.2. The van der Waals surface area contributed by atoms with Gasteiger partial charge in [0.25, 0.3) is 0 Å². The predicted octanol–water partition coefficient (Wildman–Crippen LogP) is 1.81. The van der Waals surface area contributed by atoms with Gasteiger partial charge in [-0.05, 0) is 30.7 Å². The van der Waals surface area contributed by atoms with E-state index in [9.17, 15) is 0 Å². The average Bonchev–Trinajstić information content (AvgIpc) is 2.96. The van der Waals surface area contributed by atoms with Crippen molar-refractivity contribution in [3.8, 4) is 11.3 Å². The Morgan fingerprint density at radius 2 is 2.10 bits per heavy atom. The minimum Gasteiger partial charge on any atom is -0.396 e. The summed E-state index contributed by atoms with van der Waals surface area (Å²) in [6.45, 7) is 0.855. The number of fused-ring (bicyclic) bond motifs is 1. The molecule has 0 saturated heterocycles. The number of nitrogens with one attached hydrogen (secondary N) is 2. The Kier molecular flexibility index (Phi) is 3.56. The van der Waals surface area contributed by atoms with Crippen LogP contribution in [-0.4, -0.2) is 38.4 Å². The van der Waals surface area contributed by atoms with Gasteiger partial charge in [-0.25, -0.2) is 4.98 Å². The van der Waals surface area contributed by atoms with Crippen LogP contribution in [0.1, 0.15) is 6.42 Å². The second-order valence-corrected chi connectivity index (χ2v) is 4.44. The van der Waals surface area contributed by atoms with Crippen molar-refractivity contribution in [1.82, 2.24) is 20.2 Å². The van der Waals surface area contributed by atoms with Gasteiger partial charge in [0.1, 0.15) is 5.82 Å². The number of H-pyrrole nitrogens is 1. The highest BCUT2D eigenvalue weighted by molar-refractivity contribution is 5.80. The van der Waals surface area contributed by atoms with Crippen molar-refractivity contribution in [2.24, 2.45) is 0 Å². The number of benzene rings is 1. The molecule has 102 valence electrons. The number of hydrogen-bond donors (Lipinski definition) is 3. The third-order valence-corrected chi connectivity index (χ3v) is 3.02. The molecule has 0 fully saturated rings. The Morgan fingerprint density at radius 3 is 2.90 bits per heavy atom. The highest BCUT2D eigenvalue weighted by atomic mass is 16.3. The monoisotopic (exact) mass is 269 g/mol. The van der Waals surface area contributed by atoms with Gasteiger partial charge in [0, 0.05) is 18.7 Å². The number of aliphatic hydroxyl groups is 1. The van der Waals surface area contributed by atoms with Gasteiger partial charge >= 0.3 is 0 Å². The number of aromatic nitrogens is 4. The van der Waals surface area contributed by atoms with Crippen LogP contribution in [0.2, 0.25) is 0 Å². The lowest BCUT2D eigenvalue weighted by atomic mass is 10.1. The van der Waals surface area contributed by atoms with Crippen molar-refractivity contribution in [3.05, 3.63) is 36.7 Å². The molecule has 0 aliphatic rings. The summed E-state index contributed by atoms with van der Waals surface area (Å²) in [6.07, 6.45) is 2.37. The molecular weight excluding hydrogens is 254 g/mol. The normalized spacial score (nSPS) is 10.8. The van der Waals surface area contributed by atoms with Crippen molar-refractivity contribution in [3.63, 3.8) is 0 Å². The first-order valence-corrected chi connectivity index (χ1v) is 6.49. The molecule has 3 rings (SSSR count). The summed E-state index contributed by atoms with van der Waals surface area (Å²) < 4.78 is 0. The third-order valence-electron chi connectivity index (χ3n) is 3.02. The van der Waals surface area contributed by atoms with Gasteiger partial charge in [-0.2, -0.15) is 0 Å². The topological polar surface area (TPSA) is 86.7 Å². The van der Waals surface area contributed by atoms with Gasteiger partial charge in [-0.3, -0.25) is 0 Å². The first kappa shape index (κ1) is 12.6. The second kappa shape index (κ2) is 5.66. The summed E-state index contributed by atoms with van der Waals surface area (Å²) >= 11 is 0. The molecule has 20 heavy (non-hydrogen) atoms. The Balaban J connectivity index is 1.79. The summed E-state index contributed by atoms with van der Waals surface area (Å²) in [5.41, 5.74) is 3.73. The van der Waals surface area contributed by atoms with Crippen LogP contribution in [0.5, 0.6) is 0 Å². The molecule has 3 N–H and O–H groups in total. The van der Waals surface area contributed by atoms with E-state index < -0.39 is 0 Å². The molecule has 0 atom stereocenters. The summed E-state index contributed by atoms with van der Waals surface area (Å²) in [7, 11) is 0. The Morgan fingerprint density at radius 1 is 1.15 bits per heavy atom. The molecule has 6 heteroatoms. The average molecular weight is 269 g/mol. The Hall–Kier alpha value is -2.47. The maximum atomic E-state index is 8.72. The van der Waals surface area contributed by atoms with Crippen molar-refractivity contribution >= 4 is 16.9 Å². The first-order chi connectivity index (χ1) is 9.86. The molecule has 3 aromatic rings. The molecule has 0 unspecified atom stereocenters. The van der Waals surface area contributed by atoms with Crippen LogP contribution >= 0.6 is 0 Å². The molecule has 0 bridgehead atoms. The highest BCUT2D eigenvalue weighted by Gasteiger charge is 2.03. The summed E-state index contributed by atoms with van der Waals surface area (Å²) in [4.78, 5) is 7.27. The van der Waals surface area contributed by atoms with Gasteiger partial charge in [0.05, 0.1) is 23.1 Å². The number of aromatic amines is 1. The molecule has 0 aliphatic carbocycles. The zero-order valence-corrected chi connectivity index (χ0v) is 10.9. The Labute approximate surface area is 115 Å². The first-order valence-electron chi connectivity index (χ1n) is 6.49. The van der Waals surface area contributed by atoms with Crippen LogP contribution in [0.15, 0.2) is 36.7 Å². The molecule has 0 spiro atoms. The van der Waals surface area contributed by atoms with E-state index in [0.29, 0.717) is 18.8 Å². The van der Waals surface area contributed by atoms with Crippen LogP contribution in [0, 0.1) is 0 Å². The molecule has 0 saturated carbocycles. The van der Waals surface area contributed by atoms with Gasteiger partial charge in [0.15, 0.2) is 0 Å². The van der Waals surface area contributed by atoms with Crippen molar-refractivity contribution in [2.45, 2.75) is 6.42 Å². The minimum atomic E-state index is 0.169. The molecule has 0 radical (unpaired) electrons. The fourth-order valence-electron chi connectivity index (χ4n) is 1.97. The zero-order valence-electron chi connectivity index (χ0n) is 10.9. The molecule has 6 nitrogen and oxygen atoms in total. The van der Waals surface area contributed by atoms with E-state index in [2.05, 4.69) is 25.5 Å². The highest BCUT2D eigenvalue weighted by Crippen LogP contribution is 2.21. The SMILES string of the molecule is OCCCNc1ccc(-c2ccc3nc[nH]c3c2)nn1. The summed E-state index contributed by atoms with van der Waals surface area (Å²) in [6, 6.07) is 9.75. The molecule has 2 aromatic heterocycles. The van der Waals surface area contributed by atoms with Gasteiger partial charge < -0.3 is 15.4 Å². The molecule has 0 amide bonds. The van der Waals surface area contributed by atoms with Crippen LogP contribution < -0.4 is 5.32 Å². The molecular formula is C14H15N5O. The zero-order chi connectivity index (χ0) is 13.8. The minimum absolute atomic E-state index is 0.169. The van der Waals surface area contributed by atoms with E-state index in [-0.39, 0.29) is 6.61 Å². The fraction of sp³-hybridized carbons (Fsp3) is 0.214. The largest absolute Gasteiger partial charge is 0.396 e. The lowest BCUT2D eigenvalue weighted by molar-refractivity contribution is 0.292.